The number of hydrogen-bond donors (Lipinski definition) is 1. The Kier molecular flexibility index (Phi) is 7.26. The second kappa shape index (κ2) is 12.4. The maximum atomic E-state index is 9.55. The highest BCUT2D eigenvalue weighted by molar-refractivity contribution is 8.01. The molecule has 2 aliphatic heterocycles. The van der Waals surface area contributed by atoms with Crippen LogP contribution in [0.1, 0.15) is 45.5 Å². The summed E-state index contributed by atoms with van der Waals surface area (Å²) in [6.45, 7) is 0. The summed E-state index contributed by atoms with van der Waals surface area (Å²) in [6, 6.07) is 53.0. The summed E-state index contributed by atoms with van der Waals surface area (Å²) < 4.78 is 2.36. The molecule has 1 aliphatic carbocycles. The van der Waals surface area contributed by atoms with Gasteiger partial charge in [0.25, 0.3) is 0 Å². The van der Waals surface area contributed by atoms with Crippen molar-refractivity contribution in [2.45, 2.75) is 22.2 Å². The lowest BCUT2D eigenvalue weighted by Gasteiger charge is -2.24. The topological polar surface area (TPSA) is 65.5 Å². The Hall–Kier alpha value is -6.42. The Balaban J connectivity index is 1.01. The monoisotopic (exact) mass is 685 g/mol. The lowest BCUT2D eigenvalue weighted by Crippen LogP contribution is -2.36. The van der Waals surface area contributed by atoms with Crippen molar-refractivity contribution in [2.75, 3.05) is 0 Å². The standard InChI is InChI=1S/C46H31N5S/c47-28-29-10-8-13-33(26-29)46-49-44(30-11-2-1-3-12-30)48-45(50-46)31-20-23-34(24-21-31)51-40-18-6-4-14-36(40)39-27-32(22-25-41(39)51)35-16-9-17-38-37-15-5-7-19-42(37)52-43(35)38/h1-27,35,43-44H,(H,48,49,50). The van der Waals surface area contributed by atoms with Crippen LogP contribution in [0.4, 0.5) is 0 Å². The summed E-state index contributed by atoms with van der Waals surface area (Å²) in [5.74, 6) is 1.72. The molecule has 0 bridgehead atoms. The van der Waals surface area contributed by atoms with E-state index in [1.807, 2.05) is 60.3 Å². The number of hydrogen-bond acceptors (Lipinski definition) is 5. The number of nitrogens with zero attached hydrogens (tertiary/aromatic N) is 4. The molecule has 0 amide bonds. The van der Waals surface area contributed by atoms with Gasteiger partial charge in [-0.2, -0.15) is 5.26 Å². The molecular weight excluding hydrogens is 655 g/mol. The second-order valence-electron chi connectivity index (χ2n) is 13.3. The number of nitrogens with one attached hydrogen (secondary N) is 1. The van der Waals surface area contributed by atoms with Gasteiger partial charge < -0.3 is 9.88 Å². The van der Waals surface area contributed by atoms with Crippen LogP contribution in [0.25, 0.3) is 33.1 Å². The molecule has 1 N–H and O–H groups in total. The number of amidine groups is 2. The Morgan fingerprint density at radius 2 is 1.42 bits per heavy atom. The highest BCUT2D eigenvalue weighted by atomic mass is 32.2. The van der Waals surface area contributed by atoms with Gasteiger partial charge in [-0.25, -0.2) is 9.98 Å². The first-order valence-corrected chi connectivity index (χ1v) is 18.4. The second-order valence-corrected chi connectivity index (χ2v) is 14.5. The molecule has 5 nitrogen and oxygen atoms in total. The maximum Gasteiger partial charge on any atom is 0.169 e. The molecule has 0 saturated heterocycles. The third-order valence-electron chi connectivity index (χ3n) is 10.3. The van der Waals surface area contributed by atoms with E-state index in [2.05, 4.69) is 125 Å². The zero-order chi connectivity index (χ0) is 34.6. The van der Waals surface area contributed by atoms with E-state index in [0.29, 0.717) is 22.6 Å². The highest BCUT2D eigenvalue weighted by Crippen LogP contribution is 2.52. The lowest BCUT2D eigenvalue weighted by molar-refractivity contribution is 0.756. The van der Waals surface area contributed by atoms with Crippen molar-refractivity contribution in [1.82, 2.24) is 9.88 Å². The molecule has 0 fully saturated rings. The molecular formula is C46H31N5S. The number of benzene rings is 6. The van der Waals surface area contributed by atoms with Gasteiger partial charge in [0, 0.05) is 43.7 Å². The summed E-state index contributed by atoms with van der Waals surface area (Å²) in [6.07, 6.45) is 6.49. The van der Waals surface area contributed by atoms with Crippen LogP contribution in [0.15, 0.2) is 179 Å². The van der Waals surface area contributed by atoms with Crippen molar-refractivity contribution in [3.05, 3.63) is 197 Å². The molecule has 10 rings (SSSR count). The number of rotatable bonds is 5. The van der Waals surface area contributed by atoms with Crippen LogP contribution in [0.2, 0.25) is 0 Å². The molecule has 0 spiro atoms. The molecule has 6 aromatic carbocycles. The Morgan fingerprint density at radius 1 is 0.654 bits per heavy atom. The molecule has 0 saturated carbocycles. The Bertz CT molecular complexity index is 2710. The zero-order valence-electron chi connectivity index (χ0n) is 28.0. The smallest absolute Gasteiger partial charge is 0.169 e. The van der Waals surface area contributed by atoms with Crippen molar-refractivity contribution in [3.8, 4) is 11.8 Å². The lowest BCUT2D eigenvalue weighted by atomic mass is 9.85. The molecule has 3 atom stereocenters. The summed E-state index contributed by atoms with van der Waals surface area (Å²) in [5.41, 5.74) is 11.0. The largest absolute Gasteiger partial charge is 0.324 e. The number of para-hydroxylation sites is 1. The number of nitriles is 1. The highest BCUT2D eigenvalue weighted by Gasteiger charge is 2.35. The van der Waals surface area contributed by atoms with Crippen LogP contribution >= 0.6 is 11.8 Å². The van der Waals surface area contributed by atoms with E-state index in [1.165, 1.54) is 43.4 Å². The quantitative estimate of drug-likeness (QED) is 0.196. The van der Waals surface area contributed by atoms with Crippen molar-refractivity contribution in [1.29, 1.82) is 5.26 Å². The molecule has 7 aromatic rings. The van der Waals surface area contributed by atoms with Gasteiger partial charge in [-0.1, -0.05) is 103 Å². The fourth-order valence-corrected chi connectivity index (χ4v) is 9.25. The summed E-state index contributed by atoms with van der Waals surface area (Å²) in [4.78, 5) is 11.4. The number of aromatic nitrogens is 1. The normalized spacial score (nSPS) is 18.9. The third kappa shape index (κ3) is 5.09. The number of allylic oxidation sites excluding steroid dienone is 3. The van der Waals surface area contributed by atoms with Crippen molar-refractivity contribution < 1.29 is 0 Å². The molecule has 246 valence electrons. The SMILES string of the molecule is N#Cc1cccc(C2=NC(c3ccccc3)N=C(c3ccc(-n4c5ccccc5c5cc(C6C=CC=C7c8ccccc8SC76)ccc54)cc3)N2)c1. The minimum absolute atomic E-state index is 0.294. The minimum Gasteiger partial charge on any atom is -0.324 e. The molecule has 0 radical (unpaired) electrons. The van der Waals surface area contributed by atoms with E-state index in [4.69, 9.17) is 9.98 Å². The van der Waals surface area contributed by atoms with E-state index < -0.39 is 6.17 Å². The summed E-state index contributed by atoms with van der Waals surface area (Å²) in [7, 11) is 0. The van der Waals surface area contributed by atoms with Crippen LogP contribution in [0.5, 0.6) is 0 Å². The first-order valence-electron chi connectivity index (χ1n) is 17.5. The van der Waals surface area contributed by atoms with Crippen molar-refractivity contribution in [2.24, 2.45) is 9.98 Å². The van der Waals surface area contributed by atoms with Gasteiger partial charge in [0.05, 0.1) is 22.7 Å². The average Bonchev–Trinajstić information content (AvgIpc) is 3.77. The predicted molar refractivity (Wildman–Crippen MR) is 213 cm³/mol. The third-order valence-corrected chi connectivity index (χ3v) is 11.7. The Morgan fingerprint density at radius 3 is 2.29 bits per heavy atom. The van der Waals surface area contributed by atoms with Crippen molar-refractivity contribution in [3.63, 3.8) is 0 Å². The van der Waals surface area contributed by atoms with Gasteiger partial charge in [-0.15, -0.1) is 11.8 Å². The van der Waals surface area contributed by atoms with E-state index in [-0.39, 0.29) is 0 Å². The fourth-order valence-electron chi connectivity index (χ4n) is 7.78. The predicted octanol–water partition coefficient (Wildman–Crippen LogP) is 10.4. The van der Waals surface area contributed by atoms with Gasteiger partial charge >= 0.3 is 0 Å². The van der Waals surface area contributed by atoms with Crippen LogP contribution in [0.3, 0.4) is 0 Å². The van der Waals surface area contributed by atoms with Crippen LogP contribution < -0.4 is 5.32 Å². The van der Waals surface area contributed by atoms with Gasteiger partial charge in [0.15, 0.2) is 6.17 Å². The molecule has 3 aliphatic rings. The van der Waals surface area contributed by atoms with E-state index in [1.54, 1.807) is 6.07 Å². The van der Waals surface area contributed by atoms with Crippen molar-refractivity contribution >= 4 is 50.8 Å². The van der Waals surface area contributed by atoms with Crippen LogP contribution in [-0.4, -0.2) is 21.5 Å². The number of fused-ring (bicyclic) bond motifs is 6. The maximum absolute atomic E-state index is 9.55. The van der Waals surface area contributed by atoms with E-state index >= 15 is 0 Å². The van der Waals surface area contributed by atoms with Gasteiger partial charge in [-0.3, -0.25) is 0 Å². The summed E-state index contributed by atoms with van der Waals surface area (Å²) in [5, 5.41) is 15.9. The average molecular weight is 686 g/mol. The van der Waals surface area contributed by atoms with Crippen LogP contribution in [0, 0.1) is 11.3 Å². The van der Waals surface area contributed by atoms with Gasteiger partial charge in [0.1, 0.15) is 11.7 Å². The molecule has 3 unspecified atom stereocenters. The molecule has 6 heteroatoms. The van der Waals surface area contributed by atoms with Gasteiger partial charge in [0.2, 0.25) is 0 Å². The number of aliphatic imine (C=N–C) groups is 2. The molecule has 52 heavy (non-hydrogen) atoms. The Labute approximate surface area is 306 Å². The zero-order valence-corrected chi connectivity index (χ0v) is 28.8. The fraction of sp³-hybridized carbons (Fsp3) is 0.0652. The first-order chi connectivity index (χ1) is 25.7. The van der Waals surface area contributed by atoms with Crippen LogP contribution in [-0.2, 0) is 0 Å². The van der Waals surface area contributed by atoms with E-state index in [0.717, 1.165) is 28.2 Å². The molecule has 3 heterocycles. The first kappa shape index (κ1) is 30.4. The minimum atomic E-state index is -0.410. The number of thioether (sulfide) groups is 1. The van der Waals surface area contributed by atoms with Gasteiger partial charge in [-0.05, 0) is 82.9 Å². The molecule has 1 aromatic heterocycles. The summed E-state index contributed by atoms with van der Waals surface area (Å²) >= 11 is 1.99. The van der Waals surface area contributed by atoms with E-state index in [9.17, 15) is 5.26 Å².